The van der Waals surface area contributed by atoms with Crippen LogP contribution in [0.4, 0.5) is 0 Å². The first-order chi connectivity index (χ1) is 8.16. The van der Waals surface area contributed by atoms with Crippen LogP contribution in [0, 0.1) is 11.8 Å². The van der Waals surface area contributed by atoms with Crippen LogP contribution < -0.4 is 5.32 Å². The minimum Gasteiger partial charge on any atom is -0.508 e. The van der Waals surface area contributed by atoms with Gasteiger partial charge < -0.3 is 15.5 Å². The molecule has 0 spiro atoms. The molecule has 2 atom stereocenters. The van der Waals surface area contributed by atoms with Crippen molar-refractivity contribution < 1.29 is 10.2 Å². The lowest BCUT2D eigenvalue weighted by Crippen LogP contribution is -2.23. The SMILES string of the molecule is CC1CCCC1CNCc1ccc(O)cc1O. The number of rotatable bonds is 4. The highest BCUT2D eigenvalue weighted by Crippen LogP contribution is 2.30. The summed E-state index contributed by atoms with van der Waals surface area (Å²) in [5.74, 6) is 1.86. The van der Waals surface area contributed by atoms with E-state index in [1.807, 2.05) is 0 Å². The maximum Gasteiger partial charge on any atom is 0.123 e. The van der Waals surface area contributed by atoms with Gasteiger partial charge in [-0.2, -0.15) is 0 Å². The molecule has 1 aliphatic rings. The van der Waals surface area contributed by atoms with E-state index in [9.17, 15) is 10.2 Å². The van der Waals surface area contributed by atoms with Gasteiger partial charge in [-0.1, -0.05) is 25.8 Å². The molecular weight excluding hydrogens is 214 g/mol. The summed E-state index contributed by atoms with van der Waals surface area (Å²) < 4.78 is 0. The monoisotopic (exact) mass is 235 g/mol. The van der Waals surface area contributed by atoms with E-state index in [-0.39, 0.29) is 11.5 Å². The van der Waals surface area contributed by atoms with Gasteiger partial charge in [0.2, 0.25) is 0 Å². The van der Waals surface area contributed by atoms with E-state index in [2.05, 4.69) is 12.2 Å². The third kappa shape index (κ3) is 3.13. The zero-order valence-corrected chi connectivity index (χ0v) is 10.3. The van der Waals surface area contributed by atoms with Crippen molar-refractivity contribution >= 4 is 0 Å². The number of phenolic OH excluding ortho intramolecular Hbond substituents is 2. The molecule has 0 aliphatic heterocycles. The van der Waals surface area contributed by atoms with Gasteiger partial charge >= 0.3 is 0 Å². The van der Waals surface area contributed by atoms with Crippen LogP contribution in [0.1, 0.15) is 31.7 Å². The highest BCUT2D eigenvalue weighted by Gasteiger charge is 2.22. The van der Waals surface area contributed by atoms with Crippen LogP contribution in [0.3, 0.4) is 0 Å². The Morgan fingerprint density at radius 2 is 2.12 bits per heavy atom. The Bertz CT molecular complexity index is 378. The Labute approximate surface area is 102 Å². The molecular formula is C14H21NO2. The van der Waals surface area contributed by atoms with Crippen molar-refractivity contribution in [2.45, 2.75) is 32.7 Å². The fraction of sp³-hybridized carbons (Fsp3) is 0.571. The summed E-state index contributed by atoms with van der Waals surface area (Å²) in [6.07, 6.45) is 4.00. The van der Waals surface area contributed by atoms with Crippen LogP contribution >= 0.6 is 0 Å². The lowest BCUT2D eigenvalue weighted by Gasteiger charge is -2.16. The summed E-state index contributed by atoms with van der Waals surface area (Å²) in [4.78, 5) is 0. The summed E-state index contributed by atoms with van der Waals surface area (Å²) >= 11 is 0. The van der Waals surface area contributed by atoms with E-state index < -0.39 is 0 Å². The lowest BCUT2D eigenvalue weighted by atomic mass is 9.98. The molecule has 0 bridgehead atoms. The van der Waals surface area contributed by atoms with Crippen molar-refractivity contribution in [2.75, 3.05) is 6.54 Å². The van der Waals surface area contributed by atoms with Gasteiger partial charge in [0.25, 0.3) is 0 Å². The molecule has 0 saturated heterocycles. The highest BCUT2D eigenvalue weighted by molar-refractivity contribution is 5.38. The van der Waals surface area contributed by atoms with Gasteiger partial charge in [0.15, 0.2) is 0 Å². The van der Waals surface area contributed by atoms with E-state index >= 15 is 0 Å². The minimum atomic E-state index is 0.107. The average Bonchev–Trinajstić information content (AvgIpc) is 2.68. The van der Waals surface area contributed by atoms with Crippen LogP contribution in [-0.2, 0) is 6.54 Å². The third-order valence-electron chi connectivity index (χ3n) is 3.83. The Kier molecular flexibility index (Phi) is 3.89. The minimum absolute atomic E-state index is 0.107. The summed E-state index contributed by atoms with van der Waals surface area (Å²) in [7, 11) is 0. The third-order valence-corrected chi connectivity index (χ3v) is 3.83. The van der Waals surface area contributed by atoms with Gasteiger partial charge in [0.1, 0.15) is 11.5 Å². The van der Waals surface area contributed by atoms with Crippen molar-refractivity contribution in [1.82, 2.24) is 5.32 Å². The number of hydrogen-bond acceptors (Lipinski definition) is 3. The summed E-state index contributed by atoms with van der Waals surface area (Å²) in [6, 6.07) is 4.75. The number of hydrogen-bond donors (Lipinski definition) is 3. The fourth-order valence-corrected chi connectivity index (χ4v) is 2.62. The van der Waals surface area contributed by atoms with Crippen molar-refractivity contribution in [1.29, 1.82) is 0 Å². The summed E-state index contributed by atoms with van der Waals surface area (Å²) in [6.45, 7) is 3.99. The van der Waals surface area contributed by atoms with Gasteiger partial charge in [-0.3, -0.25) is 0 Å². The number of nitrogens with one attached hydrogen (secondary N) is 1. The normalized spacial score (nSPS) is 24.1. The molecule has 3 heteroatoms. The van der Waals surface area contributed by atoms with Gasteiger partial charge in [-0.25, -0.2) is 0 Å². The first-order valence-electron chi connectivity index (χ1n) is 6.38. The van der Waals surface area contributed by atoms with Crippen LogP contribution in [0.2, 0.25) is 0 Å². The molecule has 2 unspecified atom stereocenters. The number of phenols is 2. The zero-order chi connectivity index (χ0) is 12.3. The Morgan fingerprint density at radius 3 is 2.76 bits per heavy atom. The maximum atomic E-state index is 9.64. The quantitative estimate of drug-likeness (QED) is 0.752. The summed E-state index contributed by atoms with van der Waals surface area (Å²) in [5, 5.41) is 22.2. The predicted octanol–water partition coefficient (Wildman–Crippen LogP) is 2.62. The molecule has 1 aliphatic carbocycles. The van der Waals surface area contributed by atoms with Crippen LogP contribution in [0.5, 0.6) is 11.5 Å². The molecule has 1 fully saturated rings. The van der Waals surface area contributed by atoms with Crippen LogP contribution in [-0.4, -0.2) is 16.8 Å². The first kappa shape index (κ1) is 12.2. The molecule has 0 radical (unpaired) electrons. The first-order valence-corrected chi connectivity index (χ1v) is 6.38. The van der Waals surface area contributed by atoms with Gasteiger partial charge in [0, 0.05) is 18.2 Å². The highest BCUT2D eigenvalue weighted by atomic mass is 16.3. The van der Waals surface area contributed by atoms with E-state index in [0.29, 0.717) is 6.54 Å². The molecule has 0 amide bonds. The second kappa shape index (κ2) is 5.41. The molecule has 0 aromatic heterocycles. The molecule has 94 valence electrons. The molecule has 1 aromatic rings. The van der Waals surface area contributed by atoms with E-state index in [0.717, 1.165) is 23.9 Å². The van der Waals surface area contributed by atoms with Gasteiger partial charge in [-0.15, -0.1) is 0 Å². The fourth-order valence-electron chi connectivity index (χ4n) is 2.62. The van der Waals surface area contributed by atoms with Gasteiger partial charge in [-0.05, 0) is 30.9 Å². The van der Waals surface area contributed by atoms with Gasteiger partial charge in [0.05, 0.1) is 0 Å². The molecule has 3 nitrogen and oxygen atoms in total. The molecule has 3 N–H and O–H groups in total. The molecule has 1 aromatic carbocycles. The Hall–Kier alpha value is -1.22. The smallest absolute Gasteiger partial charge is 0.123 e. The van der Waals surface area contributed by atoms with Crippen LogP contribution in [0.25, 0.3) is 0 Å². The van der Waals surface area contributed by atoms with Crippen LogP contribution in [0.15, 0.2) is 18.2 Å². The maximum absolute atomic E-state index is 9.64. The van der Waals surface area contributed by atoms with Crippen molar-refractivity contribution in [3.05, 3.63) is 23.8 Å². The second-order valence-electron chi connectivity index (χ2n) is 5.11. The Balaban J connectivity index is 1.81. The predicted molar refractivity (Wildman–Crippen MR) is 68.0 cm³/mol. The molecule has 1 saturated carbocycles. The molecule has 0 heterocycles. The van der Waals surface area contributed by atoms with E-state index in [4.69, 9.17) is 0 Å². The van der Waals surface area contributed by atoms with Crippen molar-refractivity contribution in [3.8, 4) is 11.5 Å². The summed E-state index contributed by atoms with van der Waals surface area (Å²) in [5.41, 5.74) is 0.841. The average molecular weight is 235 g/mol. The molecule has 17 heavy (non-hydrogen) atoms. The zero-order valence-electron chi connectivity index (χ0n) is 10.3. The number of benzene rings is 1. The number of aromatic hydroxyl groups is 2. The largest absolute Gasteiger partial charge is 0.508 e. The lowest BCUT2D eigenvalue weighted by molar-refractivity contribution is 0.388. The molecule has 2 rings (SSSR count). The second-order valence-corrected chi connectivity index (χ2v) is 5.11. The van der Waals surface area contributed by atoms with E-state index in [1.165, 1.54) is 25.3 Å². The topological polar surface area (TPSA) is 52.5 Å². The Morgan fingerprint density at radius 1 is 1.29 bits per heavy atom. The van der Waals surface area contributed by atoms with Crippen molar-refractivity contribution in [3.63, 3.8) is 0 Å². The standard InChI is InChI=1S/C14H21NO2/c1-10-3-2-4-11(10)8-15-9-12-5-6-13(16)7-14(12)17/h5-7,10-11,15-17H,2-4,8-9H2,1H3. The van der Waals surface area contributed by atoms with E-state index in [1.54, 1.807) is 12.1 Å². The van der Waals surface area contributed by atoms with Crippen molar-refractivity contribution in [2.24, 2.45) is 11.8 Å².